The van der Waals surface area contributed by atoms with Crippen LogP contribution >= 0.6 is 34.8 Å². The van der Waals surface area contributed by atoms with E-state index in [1.54, 1.807) is 6.92 Å². The summed E-state index contributed by atoms with van der Waals surface area (Å²) in [5.74, 6) is -1.76. The number of nitrogens with one attached hydrogen (secondary N) is 3. The summed E-state index contributed by atoms with van der Waals surface area (Å²) in [5, 5.41) is 6.01. The minimum atomic E-state index is -4.70. The number of alkyl halides is 3. The SMILES string of the molecule is CCNC(=O)c1cc(Cl)cc(Cl)c1NC(=O)NC(=O)c1ncc(C(F)(F)F)cc1Cl. The van der Waals surface area contributed by atoms with Crippen molar-refractivity contribution in [1.29, 1.82) is 0 Å². The number of pyridine rings is 1. The van der Waals surface area contributed by atoms with Crippen LogP contribution in [0, 0.1) is 0 Å². The van der Waals surface area contributed by atoms with E-state index in [1.807, 2.05) is 5.32 Å². The molecule has 4 amide bonds. The molecule has 1 aromatic heterocycles. The van der Waals surface area contributed by atoms with Crippen LogP contribution in [0.1, 0.15) is 33.3 Å². The summed E-state index contributed by atoms with van der Waals surface area (Å²) in [5.41, 5.74) is -1.97. The van der Waals surface area contributed by atoms with Crippen LogP contribution in [0.5, 0.6) is 0 Å². The van der Waals surface area contributed by atoms with Gasteiger partial charge in [-0.05, 0) is 25.1 Å². The molecule has 0 aliphatic rings. The number of halogens is 6. The Kier molecular flexibility index (Phi) is 7.51. The fraction of sp³-hybridized carbons (Fsp3) is 0.176. The summed E-state index contributed by atoms with van der Waals surface area (Å²) in [4.78, 5) is 39.9. The molecule has 0 radical (unpaired) electrons. The summed E-state index contributed by atoms with van der Waals surface area (Å²) in [6.07, 6.45) is -4.30. The highest BCUT2D eigenvalue weighted by Crippen LogP contribution is 2.32. The van der Waals surface area contributed by atoms with Crippen LogP contribution in [0.25, 0.3) is 0 Å². The molecule has 7 nitrogen and oxygen atoms in total. The second kappa shape index (κ2) is 9.50. The van der Waals surface area contributed by atoms with Gasteiger partial charge in [-0.1, -0.05) is 34.8 Å². The molecule has 0 unspecified atom stereocenters. The molecule has 0 saturated heterocycles. The second-order valence-corrected chi connectivity index (χ2v) is 6.88. The van der Waals surface area contributed by atoms with Gasteiger partial charge in [-0.3, -0.25) is 14.9 Å². The fourth-order valence-corrected chi connectivity index (χ4v) is 3.00. The molecule has 0 aliphatic carbocycles. The topological polar surface area (TPSA) is 100 Å². The van der Waals surface area contributed by atoms with Crippen molar-refractivity contribution in [2.75, 3.05) is 11.9 Å². The number of hydrogen-bond donors (Lipinski definition) is 3. The van der Waals surface area contributed by atoms with E-state index in [1.165, 1.54) is 12.1 Å². The molecule has 1 heterocycles. The Morgan fingerprint density at radius 1 is 1.03 bits per heavy atom. The van der Waals surface area contributed by atoms with Gasteiger partial charge in [-0.15, -0.1) is 0 Å². The van der Waals surface area contributed by atoms with Gasteiger partial charge in [0.15, 0.2) is 0 Å². The maximum atomic E-state index is 12.7. The van der Waals surface area contributed by atoms with Crippen molar-refractivity contribution in [3.63, 3.8) is 0 Å². The zero-order valence-electron chi connectivity index (χ0n) is 15.0. The summed E-state index contributed by atoms with van der Waals surface area (Å²) in [6, 6.07) is 1.89. The normalized spacial score (nSPS) is 11.0. The standard InChI is InChI=1S/C17H12Cl3F3N4O3/c1-2-24-14(28)9-4-8(18)5-11(20)12(9)26-16(30)27-15(29)13-10(19)3-7(6-25-13)17(21,22)23/h3-6H,2H2,1H3,(H,24,28)(H2,26,27,29,30). The highest BCUT2D eigenvalue weighted by molar-refractivity contribution is 6.38. The number of carbonyl (C=O) groups is 3. The first-order chi connectivity index (χ1) is 13.9. The van der Waals surface area contributed by atoms with E-state index in [-0.39, 0.29) is 27.8 Å². The third-order valence-electron chi connectivity index (χ3n) is 3.49. The molecule has 0 aliphatic heterocycles. The molecule has 13 heteroatoms. The molecule has 0 bridgehead atoms. The Morgan fingerprint density at radius 3 is 2.27 bits per heavy atom. The van der Waals surface area contributed by atoms with Crippen LogP contribution in [0.4, 0.5) is 23.7 Å². The predicted molar refractivity (Wildman–Crippen MR) is 105 cm³/mol. The first-order valence-electron chi connectivity index (χ1n) is 8.06. The Balaban J connectivity index is 2.22. The molecule has 3 N–H and O–H groups in total. The lowest BCUT2D eigenvalue weighted by Crippen LogP contribution is -2.36. The highest BCUT2D eigenvalue weighted by atomic mass is 35.5. The lowest BCUT2D eigenvalue weighted by molar-refractivity contribution is -0.137. The zero-order chi connectivity index (χ0) is 22.6. The second-order valence-electron chi connectivity index (χ2n) is 5.63. The Labute approximate surface area is 182 Å². The van der Waals surface area contributed by atoms with Crippen molar-refractivity contribution in [3.8, 4) is 0 Å². The number of carbonyl (C=O) groups excluding carboxylic acids is 3. The van der Waals surface area contributed by atoms with Crippen molar-refractivity contribution in [3.05, 3.63) is 56.3 Å². The molecule has 2 aromatic rings. The van der Waals surface area contributed by atoms with E-state index >= 15 is 0 Å². The maximum absolute atomic E-state index is 12.7. The van der Waals surface area contributed by atoms with E-state index < -0.39 is 40.3 Å². The van der Waals surface area contributed by atoms with Gasteiger partial charge in [0.1, 0.15) is 5.69 Å². The average molecular weight is 484 g/mol. The average Bonchev–Trinajstić information content (AvgIpc) is 2.62. The molecular formula is C17H12Cl3F3N4O3. The third kappa shape index (κ3) is 5.74. The third-order valence-corrected chi connectivity index (χ3v) is 4.29. The molecule has 1 aromatic carbocycles. The van der Waals surface area contributed by atoms with Crippen LogP contribution in [-0.4, -0.2) is 29.4 Å². The van der Waals surface area contributed by atoms with Crippen molar-refractivity contribution in [2.24, 2.45) is 0 Å². The summed E-state index contributed by atoms with van der Waals surface area (Å²) in [7, 11) is 0. The number of benzene rings is 1. The number of nitrogens with zero attached hydrogens (tertiary/aromatic N) is 1. The fourth-order valence-electron chi connectivity index (χ4n) is 2.20. The number of urea groups is 1. The summed E-state index contributed by atoms with van der Waals surface area (Å²) >= 11 is 17.6. The molecule has 30 heavy (non-hydrogen) atoms. The molecule has 160 valence electrons. The van der Waals surface area contributed by atoms with Crippen LogP contribution in [0.15, 0.2) is 24.4 Å². The van der Waals surface area contributed by atoms with E-state index in [0.29, 0.717) is 12.3 Å². The summed E-state index contributed by atoms with van der Waals surface area (Å²) < 4.78 is 38.0. The van der Waals surface area contributed by atoms with Gasteiger partial charge in [-0.25, -0.2) is 9.78 Å². The van der Waals surface area contributed by atoms with Crippen molar-refractivity contribution in [2.45, 2.75) is 13.1 Å². The van der Waals surface area contributed by atoms with Gasteiger partial charge in [0.2, 0.25) is 0 Å². The number of amides is 4. The van der Waals surface area contributed by atoms with E-state index in [2.05, 4.69) is 15.6 Å². The van der Waals surface area contributed by atoms with Gasteiger partial charge < -0.3 is 10.6 Å². The first kappa shape index (κ1) is 23.7. The number of aromatic nitrogens is 1. The lowest BCUT2D eigenvalue weighted by atomic mass is 10.1. The van der Waals surface area contributed by atoms with E-state index in [0.717, 1.165) is 0 Å². The van der Waals surface area contributed by atoms with Crippen LogP contribution in [-0.2, 0) is 6.18 Å². The van der Waals surface area contributed by atoms with Gasteiger partial charge in [0, 0.05) is 17.8 Å². The largest absolute Gasteiger partial charge is 0.417 e. The maximum Gasteiger partial charge on any atom is 0.417 e. The van der Waals surface area contributed by atoms with Crippen molar-refractivity contribution >= 4 is 58.3 Å². The molecular weight excluding hydrogens is 472 g/mol. The van der Waals surface area contributed by atoms with Crippen LogP contribution < -0.4 is 16.0 Å². The molecule has 0 atom stereocenters. The molecule has 0 spiro atoms. The monoisotopic (exact) mass is 482 g/mol. The van der Waals surface area contributed by atoms with Crippen LogP contribution in [0.3, 0.4) is 0 Å². The van der Waals surface area contributed by atoms with E-state index in [4.69, 9.17) is 34.8 Å². The number of hydrogen-bond acceptors (Lipinski definition) is 4. The van der Waals surface area contributed by atoms with Crippen LogP contribution in [0.2, 0.25) is 15.1 Å². The molecule has 0 saturated carbocycles. The Morgan fingerprint density at radius 2 is 1.70 bits per heavy atom. The van der Waals surface area contributed by atoms with E-state index in [9.17, 15) is 27.6 Å². The lowest BCUT2D eigenvalue weighted by Gasteiger charge is -2.14. The summed E-state index contributed by atoms with van der Waals surface area (Å²) in [6.45, 7) is 1.95. The van der Waals surface area contributed by atoms with Gasteiger partial charge >= 0.3 is 12.2 Å². The van der Waals surface area contributed by atoms with Crippen molar-refractivity contribution in [1.82, 2.24) is 15.6 Å². The first-order valence-corrected chi connectivity index (χ1v) is 9.19. The van der Waals surface area contributed by atoms with Gasteiger partial charge in [0.05, 0.1) is 26.9 Å². The number of rotatable bonds is 4. The molecule has 0 fully saturated rings. The van der Waals surface area contributed by atoms with Gasteiger partial charge in [-0.2, -0.15) is 13.2 Å². The quantitative estimate of drug-likeness (QED) is 0.583. The minimum Gasteiger partial charge on any atom is -0.352 e. The number of imide groups is 1. The van der Waals surface area contributed by atoms with Crippen molar-refractivity contribution < 1.29 is 27.6 Å². The zero-order valence-corrected chi connectivity index (χ0v) is 17.2. The predicted octanol–water partition coefficient (Wildman–Crippen LogP) is 4.77. The smallest absolute Gasteiger partial charge is 0.352 e. The Hall–Kier alpha value is -2.56. The van der Waals surface area contributed by atoms with Gasteiger partial charge in [0.25, 0.3) is 11.8 Å². The molecule has 2 rings (SSSR count). The number of anilines is 1. The Bertz CT molecular complexity index is 1020. The highest BCUT2D eigenvalue weighted by Gasteiger charge is 2.32. The minimum absolute atomic E-state index is 0.0670.